The first-order chi connectivity index (χ1) is 10.1. The second kappa shape index (κ2) is 7.73. The van der Waals surface area contributed by atoms with E-state index in [-0.39, 0.29) is 6.04 Å². The van der Waals surface area contributed by atoms with Gasteiger partial charge in [0.2, 0.25) is 0 Å². The molecule has 0 spiro atoms. The van der Waals surface area contributed by atoms with E-state index in [9.17, 15) is 0 Å². The summed E-state index contributed by atoms with van der Waals surface area (Å²) in [6, 6.07) is 5.75. The molecule has 3 nitrogen and oxygen atoms in total. The second-order valence-corrected chi connectivity index (χ2v) is 7.70. The molecule has 2 N–H and O–H groups in total. The monoisotopic (exact) mass is 309 g/mol. The normalized spacial score (nSPS) is 24.7. The predicted octanol–water partition coefficient (Wildman–Crippen LogP) is 3.25. The number of nitrogens with two attached hydrogens (primary N) is 1. The summed E-state index contributed by atoms with van der Waals surface area (Å²) in [5, 5.41) is 0. The molecule has 0 radical (unpaired) electrons. The van der Waals surface area contributed by atoms with E-state index in [1.807, 2.05) is 11.3 Å². The molecule has 3 unspecified atom stereocenters. The Bertz CT molecular complexity index is 431. The number of nitrogens with zero attached hydrogens (tertiary/aromatic N) is 2. The highest BCUT2D eigenvalue weighted by molar-refractivity contribution is 7.12. The van der Waals surface area contributed by atoms with Crippen molar-refractivity contribution < 1.29 is 0 Å². The van der Waals surface area contributed by atoms with Gasteiger partial charge in [0.25, 0.3) is 0 Å². The highest BCUT2D eigenvalue weighted by Gasteiger charge is 2.33. The molecule has 1 fully saturated rings. The van der Waals surface area contributed by atoms with Crippen molar-refractivity contribution in [2.45, 2.75) is 58.2 Å². The molecule has 0 aliphatic carbocycles. The van der Waals surface area contributed by atoms with Crippen molar-refractivity contribution in [2.75, 3.05) is 26.7 Å². The summed E-state index contributed by atoms with van der Waals surface area (Å²) in [6.07, 6.45) is 3.47. The molecule has 120 valence electrons. The van der Waals surface area contributed by atoms with Crippen LogP contribution in [0.25, 0.3) is 0 Å². The Kier molecular flexibility index (Phi) is 6.23. The lowest BCUT2D eigenvalue weighted by Crippen LogP contribution is -2.47. The van der Waals surface area contributed by atoms with Crippen LogP contribution in [0.1, 0.15) is 48.9 Å². The lowest BCUT2D eigenvalue weighted by atomic mass is 9.99. The molecule has 0 amide bonds. The molecule has 0 aromatic carbocycles. The zero-order valence-electron chi connectivity index (χ0n) is 14.0. The first-order valence-corrected chi connectivity index (χ1v) is 9.14. The Balaban J connectivity index is 2.29. The number of rotatable bonds is 5. The Morgan fingerprint density at radius 3 is 2.67 bits per heavy atom. The molecular weight excluding hydrogens is 278 g/mol. The van der Waals surface area contributed by atoms with E-state index in [1.165, 1.54) is 29.1 Å². The molecule has 1 aromatic heterocycles. The summed E-state index contributed by atoms with van der Waals surface area (Å²) < 4.78 is 0. The van der Waals surface area contributed by atoms with E-state index in [1.54, 1.807) is 0 Å². The van der Waals surface area contributed by atoms with Gasteiger partial charge in [-0.15, -0.1) is 11.3 Å². The van der Waals surface area contributed by atoms with Crippen LogP contribution in [0.5, 0.6) is 0 Å². The smallest absolute Gasteiger partial charge is 0.0596 e. The van der Waals surface area contributed by atoms with E-state index < -0.39 is 0 Å². The Labute approximate surface area is 134 Å². The fraction of sp³-hybridized carbons (Fsp3) is 0.765. The van der Waals surface area contributed by atoms with Gasteiger partial charge in [-0.05, 0) is 51.9 Å². The van der Waals surface area contributed by atoms with E-state index >= 15 is 0 Å². The van der Waals surface area contributed by atoms with Gasteiger partial charge in [0, 0.05) is 34.9 Å². The minimum Gasteiger partial charge on any atom is -0.326 e. The molecule has 0 saturated carbocycles. The molecule has 1 aromatic rings. The third kappa shape index (κ3) is 4.07. The highest BCUT2D eigenvalue weighted by Crippen LogP contribution is 2.33. The molecule has 2 heterocycles. The van der Waals surface area contributed by atoms with Crippen LogP contribution in [0.4, 0.5) is 0 Å². The molecule has 1 aliphatic heterocycles. The summed E-state index contributed by atoms with van der Waals surface area (Å²) in [7, 11) is 2.25. The molecule has 21 heavy (non-hydrogen) atoms. The van der Waals surface area contributed by atoms with E-state index in [0.29, 0.717) is 12.1 Å². The quantitative estimate of drug-likeness (QED) is 0.906. The van der Waals surface area contributed by atoms with Crippen LogP contribution >= 0.6 is 11.3 Å². The fourth-order valence-electron chi connectivity index (χ4n) is 3.45. The largest absolute Gasteiger partial charge is 0.326 e. The zero-order valence-corrected chi connectivity index (χ0v) is 14.8. The maximum absolute atomic E-state index is 6.54. The molecule has 1 saturated heterocycles. The van der Waals surface area contributed by atoms with E-state index in [0.717, 1.165) is 19.5 Å². The van der Waals surface area contributed by atoms with E-state index in [2.05, 4.69) is 49.8 Å². The van der Waals surface area contributed by atoms with Gasteiger partial charge >= 0.3 is 0 Å². The number of aryl methyl sites for hydroxylation is 1. The summed E-state index contributed by atoms with van der Waals surface area (Å²) in [4.78, 5) is 8.01. The Morgan fingerprint density at radius 1 is 1.33 bits per heavy atom. The molecule has 3 atom stereocenters. The van der Waals surface area contributed by atoms with Crippen LogP contribution in [-0.4, -0.2) is 48.6 Å². The van der Waals surface area contributed by atoms with Crippen LogP contribution in [0.15, 0.2) is 12.1 Å². The van der Waals surface area contributed by atoms with Gasteiger partial charge in [-0.25, -0.2) is 0 Å². The zero-order chi connectivity index (χ0) is 15.4. The highest BCUT2D eigenvalue weighted by atomic mass is 32.1. The lowest BCUT2D eigenvalue weighted by Gasteiger charge is -2.39. The molecular formula is C17H31N3S. The topological polar surface area (TPSA) is 32.5 Å². The summed E-state index contributed by atoms with van der Waals surface area (Å²) >= 11 is 1.92. The van der Waals surface area contributed by atoms with Gasteiger partial charge in [-0.1, -0.05) is 13.8 Å². The molecule has 0 bridgehead atoms. The van der Waals surface area contributed by atoms with Gasteiger partial charge in [0.1, 0.15) is 0 Å². The average molecular weight is 310 g/mol. The first kappa shape index (κ1) is 16.9. The van der Waals surface area contributed by atoms with Gasteiger partial charge in [0.15, 0.2) is 0 Å². The maximum atomic E-state index is 6.54. The van der Waals surface area contributed by atoms with Crippen molar-refractivity contribution in [1.82, 2.24) is 9.80 Å². The standard InChI is InChI=1S/C17H31N3S/c1-5-14-12-19(4)10-7-11-20(14)17(15(18)6-2)16-9-8-13(3)21-16/h8-9,14-15,17H,5-7,10-12,18H2,1-4H3. The number of hydrogen-bond acceptors (Lipinski definition) is 4. The van der Waals surface area contributed by atoms with Gasteiger partial charge < -0.3 is 10.6 Å². The van der Waals surface area contributed by atoms with Crippen molar-refractivity contribution >= 4 is 11.3 Å². The predicted molar refractivity (Wildman–Crippen MR) is 93.0 cm³/mol. The van der Waals surface area contributed by atoms with Crippen molar-refractivity contribution in [3.63, 3.8) is 0 Å². The summed E-state index contributed by atoms with van der Waals surface area (Å²) in [6.45, 7) is 10.2. The molecule has 2 rings (SSSR count). The number of thiophene rings is 1. The SMILES string of the molecule is CCC(N)C(c1ccc(C)s1)N1CCCN(C)CC1CC. The minimum atomic E-state index is 0.223. The first-order valence-electron chi connectivity index (χ1n) is 8.33. The summed E-state index contributed by atoms with van der Waals surface area (Å²) in [5.74, 6) is 0. The Morgan fingerprint density at radius 2 is 2.10 bits per heavy atom. The third-order valence-electron chi connectivity index (χ3n) is 4.71. The average Bonchev–Trinajstić information content (AvgIpc) is 2.80. The van der Waals surface area contributed by atoms with Crippen molar-refractivity contribution in [2.24, 2.45) is 5.73 Å². The fourth-order valence-corrected chi connectivity index (χ4v) is 4.52. The number of likely N-dealkylation sites (N-methyl/N-ethyl adjacent to an activating group) is 1. The van der Waals surface area contributed by atoms with Crippen LogP contribution in [-0.2, 0) is 0 Å². The Hall–Kier alpha value is -0.420. The van der Waals surface area contributed by atoms with E-state index in [4.69, 9.17) is 5.73 Å². The maximum Gasteiger partial charge on any atom is 0.0596 e. The van der Waals surface area contributed by atoms with Crippen molar-refractivity contribution in [3.8, 4) is 0 Å². The second-order valence-electron chi connectivity index (χ2n) is 6.38. The lowest BCUT2D eigenvalue weighted by molar-refractivity contribution is 0.111. The van der Waals surface area contributed by atoms with Gasteiger partial charge in [-0.3, -0.25) is 4.90 Å². The van der Waals surface area contributed by atoms with Crippen LogP contribution in [0, 0.1) is 6.92 Å². The van der Waals surface area contributed by atoms with Crippen LogP contribution in [0.3, 0.4) is 0 Å². The molecule has 1 aliphatic rings. The molecule has 4 heteroatoms. The van der Waals surface area contributed by atoms with Gasteiger partial charge in [0.05, 0.1) is 6.04 Å². The third-order valence-corrected chi connectivity index (χ3v) is 5.78. The van der Waals surface area contributed by atoms with Crippen molar-refractivity contribution in [3.05, 3.63) is 21.9 Å². The van der Waals surface area contributed by atoms with Crippen LogP contribution in [0.2, 0.25) is 0 Å². The van der Waals surface area contributed by atoms with Crippen molar-refractivity contribution in [1.29, 1.82) is 0 Å². The summed E-state index contributed by atoms with van der Waals surface area (Å²) in [5.41, 5.74) is 6.54. The van der Waals surface area contributed by atoms with Gasteiger partial charge in [-0.2, -0.15) is 0 Å². The van der Waals surface area contributed by atoms with Crippen LogP contribution < -0.4 is 5.73 Å². The minimum absolute atomic E-state index is 0.223. The number of hydrogen-bond donors (Lipinski definition) is 1.